The van der Waals surface area contributed by atoms with E-state index in [-0.39, 0.29) is 5.91 Å². The zero-order valence-corrected chi connectivity index (χ0v) is 13.5. The molecule has 0 radical (unpaired) electrons. The molecule has 3 rings (SSSR count). The van der Waals surface area contributed by atoms with E-state index in [1.54, 1.807) is 13.1 Å². The quantitative estimate of drug-likeness (QED) is 0.918. The molecule has 2 aromatic rings. The van der Waals surface area contributed by atoms with Crippen LogP contribution in [0.25, 0.3) is 0 Å². The van der Waals surface area contributed by atoms with Gasteiger partial charge in [0.25, 0.3) is 5.91 Å². The van der Waals surface area contributed by atoms with Crippen molar-refractivity contribution in [3.05, 3.63) is 23.7 Å². The Morgan fingerprint density at radius 3 is 2.65 bits per heavy atom. The predicted molar refractivity (Wildman–Crippen MR) is 87.0 cm³/mol. The molecule has 1 amide bonds. The summed E-state index contributed by atoms with van der Waals surface area (Å²) in [6.07, 6.45) is 5.37. The number of aryl methyl sites for hydroxylation is 1. The highest BCUT2D eigenvalue weighted by molar-refractivity contribution is 6.06. The van der Waals surface area contributed by atoms with Gasteiger partial charge in [0.1, 0.15) is 17.0 Å². The van der Waals surface area contributed by atoms with Gasteiger partial charge in [-0.05, 0) is 19.8 Å². The Hall–Kier alpha value is -2.64. The molecule has 0 atom stereocenters. The molecule has 0 aliphatic carbocycles. The Kier molecular flexibility index (Phi) is 4.14. The molecule has 1 fully saturated rings. The number of aromatic nitrogens is 3. The topological polar surface area (TPSA) is 87.4 Å². The summed E-state index contributed by atoms with van der Waals surface area (Å²) in [6, 6.07) is 0. The summed E-state index contributed by atoms with van der Waals surface area (Å²) in [6.45, 7) is 3.64. The molecular weight excluding hydrogens is 296 g/mol. The van der Waals surface area contributed by atoms with Crippen molar-refractivity contribution in [1.29, 1.82) is 0 Å². The average molecular weight is 316 g/mol. The highest BCUT2D eigenvalue weighted by Gasteiger charge is 2.20. The third-order valence-electron chi connectivity index (χ3n) is 3.81. The average Bonchev–Trinajstić information content (AvgIpc) is 3.18. The Labute approximate surface area is 134 Å². The Balaban J connectivity index is 1.86. The van der Waals surface area contributed by atoms with Crippen molar-refractivity contribution in [2.24, 2.45) is 0 Å². The fraction of sp³-hybridized carbons (Fsp3) is 0.467. The van der Waals surface area contributed by atoms with Gasteiger partial charge in [-0.2, -0.15) is 4.98 Å². The number of anilines is 3. The first-order valence-corrected chi connectivity index (χ1v) is 7.58. The highest BCUT2D eigenvalue weighted by Crippen LogP contribution is 2.26. The highest BCUT2D eigenvalue weighted by atomic mass is 16.5. The van der Waals surface area contributed by atoms with Crippen LogP contribution in [0.5, 0.6) is 0 Å². The molecule has 1 aliphatic heterocycles. The summed E-state index contributed by atoms with van der Waals surface area (Å²) in [7, 11) is 3.77. The van der Waals surface area contributed by atoms with Crippen LogP contribution >= 0.6 is 0 Å². The number of hydrogen-bond donors (Lipinski definition) is 1. The molecular formula is C15H20N6O2. The van der Waals surface area contributed by atoms with E-state index in [1.165, 1.54) is 6.20 Å². The Morgan fingerprint density at radius 1 is 1.30 bits per heavy atom. The van der Waals surface area contributed by atoms with Crippen molar-refractivity contribution in [3.63, 3.8) is 0 Å². The number of hydrogen-bond acceptors (Lipinski definition) is 7. The van der Waals surface area contributed by atoms with Gasteiger partial charge in [-0.1, -0.05) is 5.16 Å². The van der Waals surface area contributed by atoms with Gasteiger partial charge in [-0.15, -0.1) is 0 Å². The number of nitrogens with one attached hydrogen (secondary N) is 1. The van der Waals surface area contributed by atoms with Crippen molar-refractivity contribution >= 4 is 23.4 Å². The molecule has 2 aromatic heterocycles. The number of amides is 1. The minimum atomic E-state index is -0.288. The second kappa shape index (κ2) is 6.23. The molecule has 122 valence electrons. The van der Waals surface area contributed by atoms with Crippen LogP contribution in [0.2, 0.25) is 0 Å². The van der Waals surface area contributed by atoms with Gasteiger partial charge in [0.15, 0.2) is 5.82 Å². The smallest absolute Gasteiger partial charge is 0.261 e. The van der Waals surface area contributed by atoms with Crippen molar-refractivity contribution in [2.75, 3.05) is 42.3 Å². The SMILES string of the molecule is Cc1oncc1C(=O)Nc1cnc(N2CCCC2)nc1N(C)C. The van der Waals surface area contributed by atoms with Gasteiger partial charge in [0, 0.05) is 27.2 Å². The lowest BCUT2D eigenvalue weighted by Crippen LogP contribution is -2.23. The van der Waals surface area contributed by atoms with Crippen LogP contribution in [0.15, 0.2) is 16.9 Å². The zero-order chi connectivity index (χ0) is 16.4. The number of rotatable bonds is 4. The first kappa shape index (κ1) is 15.3. The largest absolute Gasteiger partial charge is 0.361 e. The van der Waals surface area contributed by atoms with Gasteiger partial charge in [-0.25, -0.2) is 4.98 Å². The molecule has 1 saturated heterocycles. The normalized spacial score (nSPS) is 14.1. The summed E-state index contributed by atoms with van der Waals surface area (Å²) in [5, 5.41) is 6.45. The maximum Gasteiger partial charge on any atom is 0.261 e. The second-order valence-electron chi connectivity index (χ2n) is 5.75. The van der Waals surface area contributed by atoms with Crippen LogP contribution in [0.4, 0.5) is 17.5 Å². The zero-order valence-electron chi connectivity index (χ0n) is 13.5. The summed E-state index contributed by atoms with van der Waals surface area (Å²) in [4.78, 5) is 25.3. The van der Waals surface area contributed by atoms with Crippen LogP contribution in [-0.4, -0.2) is 48.2 Å². The van der Waals surface area contributed by atoms with Gasteiger partial charge < -0.3 is 19.6 Å². The Bertz CT molecular complexity index is 706. The molecule has 1 aliphatic rings. The van der Waals surface area contributed by atoms with E-state index in [2.05, 4.69) is 25.3 Å². The third-order valence-corrected chi connectivity index (χ3v) is 3.81. The summed E-state index contributed by atoms with van der Waals surface area (Å²) in [5.74, 6) is 1.56. The van der Waals surface area contributed by atoms with E-state index in [1.807, 2.05) is 19.0 Å². The predicted octanol–water partition coefficient (Wildman–Crippen LogP) is 1.69. The number of carbonyl (C=O) groups excluding carboxylic acids is 1. The van der Waals surface area contributed by atoms with Crippen molar-refractivity contribution in [2.45, 2.75) is 19.8 Å². The van der Waals surface area contributed by atoms with Gasteiger partial charge in [-0.3, -0.25) is 4.79 Å². The van der Waals surface area contributed by atoms with Gasteiger partial charge in [0.2, 0.25) is 5.95 Å². The monoisotopic (exact) mass is 316 g/mol. The first-order chi connectivity index (χ1) is 11.1. The third kappa shape index (κ3) is 3.10. The van der Waals surface area contributed by atoms with Crippen LogP contribution < -0.4 is 15.1 Å². The van der Waals surface area contributed by atoms with Crippen LogP contribution in [0.3, 0.4) is 0 Å². The van der Waals surface area contributed by atoms with Crippen molar-refractivity contribution in [1.82, 2.24) is 15.1 Å². The fourth-order valence-electron chi connectivity index (χ4n) is 2.57. The number of nitrogens with zero attached hydrogens (tertiary/aromatic N) is 5. The molecule has 0 spiro atoms. The van der Waals surface area contributed by atoms with Crippen LogP contribution in [0, 0.1) is 6.92 Å². The standard InChI is InChI=1S/C15H20N6O2/c1-10-11(8-17-23-10)14(22)18-12-9-16-15(19-13(12)20(2)3)21-6-4-5-7-21/h8-9H,4-7H2,1-3H3,(H,18,22). The van der Waals surface area contributed by atoms with Crippen LogP contribution in [-0.2, 0) is 0 Å². The minimum Gasteiger partial charge on any atom is -0.361 e. The molecule has 1 N–H and O–H groups in total. The lowest BCUT2D eigenvalue weighted by molar-refractivity contribution is 0.102. The molecule has 0 saturated carbocycles. The van der Waals surface area contributed by atoms with E-state index < -0.39 is 0 Å². The minimum absolute atomic E-state index is 0.288. The molecule has 0 unspecified atom stereocenters. The van der Waals surface area contributed by atoms with E-state index in [0.29, 0.717) is 28.8 Å². The molecule has 8 heteroatoms. The van der Waals surface area contributed by atoms with Gasteiger partial charge in [0.05, 0.1) is 12.4 Å². The van der Waals surface area contributed by atoms with Crippen molar-refractivity contribution < 1.29 is 9.32 Å². The summed E-state index contributed by atoms with van der Waals surface area (Å²) in [5.41, 5.74) is 0.960. The maximum atomic E-state index is 12.3. The molecule has 3 heterocycles. The lowest BCUT2D eigenvalue weighted by Gasteiger charge is -2.20. The van der Waals surface area contributed by atoms with E-state index in [0.717, 1.165) is 25.9 Å². The lowest BCUT2D eigenvalue weighted by atomic mass is 10.2. The molecule has 8 nitrogen and oxygen atoms in total. The molecule has 23 heavy (non-hydrogen) atoms. The fourth-order valence-corrected chi connectivity index (χ4v) is 2.57. The van der Waals surface area contributed by atoms with Crippen molar-refractivity contribution in [3.8, 4) is 0 Å². The summed E-state index contributed by atoms with van der Waals surface area (Å²) >= 11 is 0. The van der Waals surface area contributed by atoms with Gasteiger partial charge >= 0.3 is 0 Å². The second-order valence-corrected chi connectivity index (χ2v) is 5.75. The maximum absolute atomic E-state index is 12.3. The molecule has 0 aromatic carbocycles. The number of carbonyl (C=O) groups is 1. The van der Waals surface area contributed by atoms with E-state index >= 15 is 0 Å². The van der Waals surface area contributed by atoms with E-state index in [4.69, 9.17) is 4.52 Å². The molecule has 0 bridgehead atoms. The van der Waals surface area contributed by atoms with E-state index in [9.17, 15) is 4.79 Å². The Morgan fingerprint density at radius 2 is 2.04 bits per heavy atom. The first-order valence-electron chi connectivity index (χ1n) is 7.58. The van der Waals surface area contributed by atoms with Crippen LogP contribution in [0.1, 0.15) is 29.0 Å². The summed E-state index contributed by atoms with van der Waals surface area (Å²) < 4.78 is 4.93.